The van der Waals surface area contributed by atoms with Gasteiger partial charge in [-0.05, 0) is 68.4 Å². The second-order valence-electron chi connectivity index (χ2n) is 11.3. The van der Waals surface area contributed by atoms with E-state index in [1.54, 1.807) is 6.07 Å². The van der Waals surface area contributed by atoms with Crippen LogP contribution in [0.15, 0.2) is 143 Å². The van der Waals surface area contributed by atoms with E-state index in [1.807, 2.05) is 116 Å². The Balaban J connectivity index is 0.000000269. The van der Waals surface area contributed by atoms with Crippen LogP contribution in [0, 0.1) is 6.92 Å². The fourth-order valence-corrected chi connectivity index (χ4v) is 5.54. The third-order valence-corrected chi connectivity index (χ3v) is 8.02. The summed E-state index contributed by atoms with van der Waals surface area (Å²) in [5.74, 6) is 0.349. The number of esters is 1. The zero-order valence-electron chi connectivity index (χ0n) is 26.0. The molecular formula is C41H34O6. The van der Waals surface area contributed by atoms with Crippen LogP contribution in [0.1, 0.15) is 27.8 Å². The van der Waals surface area contributed by atoms with Crippen LogP contribution in [-0.4, -0.2) is 11.1 Å². The number of aliphatic hydroxyl groups is 1. The van der Waals surface area contributed by atoms with Crippen LogP contribution in [0.4, 0.5) is 0 Å². The Labute approximate surface area is 272 Å². The molecule has 1 N–H and O–H groups in total. The van der Waals surface area contributed by atoms with E-state index in [9.17, 15) is 9.59 Å². The van der Waals surface area contributed by atoms with Crippen molar-refractivity contribution in [2.24, 2.45) is 0 Å². The predicted octanol–water partition coefficient (Wildman–Crippen LogP) is 8.45. The topological polar surface area (TPSA) is 86.0 Å². The first-order valence-electron chi connectivity index (χ1n) is 15.4. The number of aryl methyl sites for hydroxylation is 1. The molecule has 0 amide bonds. The SMILES string of the molecule is Cc1cc(=O)oc2cc(OCc3ccc(CC(=O)OCc4cccc5ccccc45)cc3)ccc12.OCc1cccc2ccccc12. The molecule has 6 aromatic carbocycles. The maximum Gasteiger partial charge on any atom is 0.336 e. The Morgan fingerprint density at radius 3 is 1.98 bits per heavy atom. The van der Waals surface area contributed by atoms with Gasteiger partial charge in [0.05, 0.1) is 13.0 Å². The zero-order chi connectivity index (χ0) is 32.6. The number of rotatable bonds is 8. The van der Waals surface area contributed by atoms with Crippen molar-refractivity contribution in [2.75, 3.05) is 0 Å². The highest BCUT2D eigenvalue weighted by Gasteiger charge is 2.09. The molecular weight excluding hydrogens is 588 g/mol. The molecule has 0 aliphatic carbocycles. The van der Waals surface area contributed by atoms with Gasteiger partial charge in [0.25, 0.3) is 0 Å². The molecule has 6 nitrogen and oxygen atoms in total. The Morgan fingerprint density at radius 1 is 0.660 bits per heavy atom. The van der Waals surface area contributed by atoms with Gasteiger partial charge in [-0.15, -0.1) is 0 Å². The van der Waals surface area contributed by atoms with Crippen LogP contribution < -0.4 is 10.4 Å². The molecule has 234 valence electrons. The number of ether oxygens (including phenoxy) is 2. The van der Waals surface area contributed by atoms with E-state index >= 15 is 0 Å². The van der Waals surface area contributed by atoms with Gasteiger partial charge in [0.2, 0.25) is 0 Å². The van der Waals surface area contributed by atoms with Crippen molar-refractivity contribution >= 4 is 38.5 Å². The van der Waals surface area contributed by atoms with E-state index in [-0.39, 0.29) is 31.2 Å². The molecule has 1 heterocycles. The second kappa shape index (κ2) is 14.6. The summed E-state index contributed by atoms with van der Waals surface area (Å²) in [4.78, 5) is 24.0. The van der Waals surface area contributed by atoms with Gasteiger partial charge in [-0.3, -0.25) is 4.79 Å². The van der Waals surface area contributed by atoms with Crippen LogP contribution in [0.3, 0.4) is 0 Å². The first-order chi connectivity index (χ1) is 23.0. The number of hydrogen-bond acceptors (Lipinski definition) is 6. The summed E-state index contributed by atoms with van der Waals surface area (Å²) >= 11 is 0. The summed E-state index contributed by atoms with van der Waals surface area (Å²) in [5, 5.41) is 14.5. The molecule has 0 saturated carbocycles. The van der Waals surface area contributed by atoms with Crippen LogP contribution in [0.5, 0.6) is 5.75 Å². The highest BCUT2D eigenvalue weighted by atomic mass is 16.5. The number of carbonyl (C=O) groups excluding carboxylic acids is 1. The van der Waals surface area contributed by atoms with Crippen molar-refractivity contribution in [1.82, 2.24) is 0 Å². The monoisotopic (exact) mass is 622 g/mol. The van der Waals surface area contributed by atoms with E-state index in [2.05, 4.69) is 12.1 Å². The number of carbonyl (C=O) groups is 1. The average molecular weight is 623 g/mol. The summed E-state index contributed by atoms with van der Waals surface area (Å²) in [5.41, 5.74) is 4.82. The quantitative estimate of drug-likeness (QED) is 0.135. The summed E-state index contributed by atoms with van der Waals surface area (Å²) in [6.45, 7) is 2.59. The average Bonchev–Trinajstić information content (AvgIpc) is 3.10. The van der Waals surface area contributed by atoms with Gasteiger partial charge in [0, 0.05) is 17.5 Å². The molecule has 0 saturated heterocycles. The minimum Gasteiger partial charge on any atom is -0.489 e. The van der Waals surface area contributed by atoms with Crippen molar-refractivity contribution in [3.63, 3.8) is 0 Å². The van der Waals surface area contributed by atoms with Crippen molar-refractivity contribution in [1.29, 1.82) is 0 Å². The first-order valence-corrected chi connectivity index (χ1v) is 15.4. The molecule has 7 rings (SSSR count). The summed E-state index contributed by atoms with van der Waals surface area (Å²) < 4.78 is 16.7. The molecule has 0 bridgehead atoms. The normalized spacial score (nSPS) is 10.9. The minimum atomic E-state index is -0.376. The Kier molecular flexibility index (Phi) is 9.70. The van der Waals surface area contributed by atoms with Gasteiger partial charge >= 0.3 is 11.6 Å². The summed E-state index contributed by atoms with van der Waals surface area (Å²) in [6.07, 6.45) is 0.203. The molecule has 7 aromatic rings. The number of aliphatic hydroxyl groups excluding tert-OH is 1. The van der Waals surface area contributed by atoms with E-state index in [1.165, 1.54) is 11.5 Å². The molecule has 0 fully saturated rings. The smallest absolute Gasteiger partial charge is 0.336 e. The Hall–Kier alpha value is -5.72. The van der Waals surface area contributed by atoms with Crippen LogP contribution in [0.2, 0.25) is 0 Å². The molecule has 0 unspecified atom stereocenters. The largest absolute Gasteiger partial charge is 0.489 e. The lowest BCUT2D eigenvalue weighted by Crippen LogP contribution is -2.08. The zero-order valence-corrected chi connectivity index (χ0v) is 26.0. The van der Waals surface area contributed by atoms with Gasteiger partial charge in [-0.25, -0.2) is 4.79 Å². The number of hydrogen-bond donors (Lipinski definition) is 1. The highest BCUT2D eigenvalue weighted by molar-refractivity contribution is 5.86. The van der Waals surface area contributed by atoms with E-state index in [4.69, 9.17) is 19.0 Å². The molecule has 0 spiro atoms. The van der Waals surface area contributed by atoms with Gasteiger partial charge in [-0.1, -0.05) is 109 Å². The lowest BCUT2D eigenvalue weighted by molar-refractivity contribution is -0.144. The van der Waals surface area contributed by atoms with Crippen LogP contribution >= 0.6 is 0 Å². The fourth-order valence-electron chi connectivity index (χ4n) is 5.54. The molecule has 0 radical (unpaired) electrons. The molecule has 0 aliphatic heterocycles. The molecule has 6 heteroatoms. The van der Waals surface area contributed by atoms with Gasteiger partial charge in [-0.2, -0.15) is 0 Å². The van der Waals surface area contributed by atoms with Crippen LogP contribution in [-0.2, 0) is 35.8 Å². The Bertz CT molecular complexity index is 2200. The van der Waals surface area contributed by atoms with Gasteiger partial charge in [0.1, 0.15) is 24.5 Å². The number of fused-ring (bicyclic) bond motifs is 3. The van der Waals surface area contributed by atoms with Crippen molar-refractivity contribution in [3.8, 4) is 5.75 Å². The van der Waals surface area contributed by atoms with E-state index in [0.717, 1.165) is 49.4 Å². The second-order valence-corrected chi connectivity index (χ2v) is 11.3. The molecule has 47 heavy (non-hydrogen) atoms. The maximum atomic E-state index is 12.4. The Morgan fingerprint density at radius 2 is 1.28 bits per heavy atom. The minimum absolute atomic E-state index is 0.112. The van der Waals surface area contributed by atoms with Crippen molar-refractivity contribution in [3.05, 3.63) is 172 Å². The third-order valence-electron chi connectivity index (χ3n) is 8.02. The van der Waals surface area contributed by atoms with E-state index < -0.39 is 0 Å². The van der Waals surface area contributed by atoms with Crippen molar-refractivity contribution < 1.29 is 23.8 Å². The van der Waals surface area contributed by atoms with Gasteiger partial charge < -0.3 is 19.0 Å². The number of benzene rings is 6. The van der Waals surface area contributed by atoms with E-state index in [0.29, 0.717) is 17.9 Å². The summed E-state index contributed by atoms with van der Waals surface area (Å²) in [6, 6.07) is 42.7. The first kappa shape index (κ1) is 31.3. The molecule has 0 aliphatic rings. The molecule has 0 atom stereocenters. The standard InChI is InChI=1S/C30H24O5.C11H10O/c1-20-15-30(32)35-28-17-25(13-14-26(20)28)33-18-22-11-9-21(10-12-22)16-29(31)34-19-24-7-4-6-23-5-2-3-8-27(23)24;12-8-10-6-3-5-9-4-1-2-7-11(9)10/h2-15,17H,16,18-19H2,1H3;1-7,12H,8H2. The highest BCUT2D eigenvalue weighted by Crippen LogP contribution is 2.24. The maximum absolute atomic E-state index is 12.4. The molecule has 1 aromatic heterocycles. The lowest BCUT2D eigenvalue weighted by Gasteiger charge is -2.09. The summed E-state index contributed by atoms with van der Waals surface area (Å²) in [7, 11) is 0. The van der Waals surface area contributed by atoms with Crippen molar-refractivity contribution in [2.45, 2.75) is 33.2 Å². The van der Waals surface area contributed by atoms with Crippen LogP contribution in [0.25, 0.3) is 32.5 Å². The predicted molar refractivity (Wildman–Crippen MR) is 185 cm³/mol. The van der Waals surface area contributed by atoms with Gasteiger partial charge in [0.15, 0.2) is 0 Å². The lowest BCUT2D eigenvalue weighted by atomic mass is 10.1. The fraction of sp³-hybridized carbons (Fsp3) is 0.122. The third kappa shape index (κ3) is 7.75.